The highest BCUT2D eigenvalue weighted by molar-refractivity contribution is 6.52. The normalized spacial score (nSPS) is 21.5. The summed E-state index contributed by atoms with van der Waals surface area (Å²) in [6.07, 6.45) is 2.52. The van der Waals surface area contributed by atoms with E-state index in [9.17, 15) is 14.7 Å². The summed E-state index contributed by atoms with van der Waals surface area (Å²) < 4.78 is 16.7. The molecule has 2 unspecified atom stereocenters. The highest BCUT2D eigenvalue weighted by atomic mass is 16.7. The van der Waals surface area contributed by atoms with Gasteiger partial charge in [0.25, 0.3) is 11.7 Å². The highest BCUT2D eigenvalue weighted by Gasteiger charge is 2.48. The second kappa shape index (κ2) is 7.89. The fourth-order valence-electron chi connectivity index (χ4n) is 5.47. The van der Waals surface area contributed by atoms with Gasteiger partial charge in [0.05, 0.1) is 11.6 Å². The van der Waals surface area contributed by atoms with Crippen LogP contribution >= 0.6 is 0 Å². The Balaban J connectivity index is 1.44. The zero-order valence-corrected chi connectivity index (χ0v) is 19.9. The van der Waals surface area contributed by atoms with Crippen molar-refractivity contribution in [1.29, 1.82) is 0 Å². The van der Waals surface area contributed by atoms with Crippen molar-refractivity contribution >= 4 is 34.0 Å². The molecule has 37 heavy (non-hydrogen) atoms. The number of carbonyl (C=O) groups is 2. The number of para-hydroxylation sites is 1. The summed E-state index contributed by atoms with van der Waals surface area (Å²) >= 11 is 0. The van der Waals surface area contributed by atoms with Crippen LogP contribution in [-0.4, -0.2) is 34.7 Å². The van der Waals surface area contributed by atoms with Crippen molar-refractivity contribution in [3.63, 3.8) is 0 Å². The number of hydrogen-bond acceptors (Lipinski definition) is 6. The van der Waals surface area contributed by atoms with E-state index < -0.39 is 17.7 Å². The van der Waals surface area contributed by atoms with E-state index in [1.807, 2.05) is 37.3 Å². The Labute approximate surface area is 211 Å². The third kappa shape index (κ3) is 3.22. The van der Waals surface area contributed by atoms with Crippen LogP contribution in [0.2, 0.25) is 0 Å². The average molecular weight is 495 g/mol. The van der Waals surface area contributed by atoms with Crippen LogP contribution in [0.4, 0.5) is 5.69 Å². The van der Waals surface area contributed by atoms with Crippen LogP contribution in [0.15, 0.2) is 72.4 Å². The van der Waals surface area contributed by atoms with Crippen molar-refractivity contribution in [2.24, 2.45) is 0 Å². The highest BCUT2D eigenvalue weighted by Crippen LogP contribution is 2.46. The first-order valence-electron chi connectivity index (χ1n) is 12.1. The van der Waals surface area contributed by atoms with Gasteiger partial charge in [-0.3, -0.25) is 14.5 Å². The molecule has 3 aliphatic heterocycles. The van der Waals surface area contributed by atoms with Gasteiger partial charge in [-0.1, -0.05) is 18.2 Å². The van der Waals surface area contributed by atoms with Crippen LogP contribution < -0.4 is 19.1 Å². The van der Waals surface area contributed by atoms with Gasteiger partial charge < -0.3 is 24.3 Å². The Morgan fingerprint density at radius 3 is 2.70 bits per heavy atom. The van der Waals surface area contributed by atoms with Crippen LogP contribution in [0.3, 0.4) is 0 Å². The van der Waals surface area contributed by atoms with Gasteiger partial charge in [0, 0.05) is 46.4 Å². The van der Waals surface area contributed by atoms with Crippen LogP contribution in [-0.2, 0) is 16.0 Å². The SMILES string of the molecule is CC1Cc2cc(/C(O)=C3\C(=O)C(=O)N(c4ccc5c(c4)OCO5)C3c3c[nH]c4ccccc34)ccc2O1. The number of aliphatic hydroxyl groups is 1. The Kier molecular flexibility index (Phi) is 4.60. The topological polar surface area (TPSA) is 101 Å². The molecule has 8 nitrogen and oxygen atoms in total. The molecule has 2 N–H and O–H groups in total. The number of fused-ring (bicyclic) bond motifs is 3. The number of nitrogens with zero attached hydrogens (tertiary/aromatic N) is 1. The molecule has 1 aromatic heterocycles. The number of aromatic amines is 1. The standard InChI is InChI=1S/C29H22N2O6/c1-15-10-17-11-16(6-8-22(17)37-15)27(32)25-26(20-13-30-21-5-3-2-4-19(20)21)31(29(34)28(25)33)18-7-9-23-24(12-18)36-14-35-23/h2-9,11-13,15,26,30,32H,10,14H2,1H3/b27-25+. The number of hydrogen-bond donors (Lipinski definition) is 2. The van der Waals surface area contributed by atoms with Crippen molar-refractivity contribution in [3.05, 3.63) is 89.1 Å². The predicted octanol–water partition coefficient (Wildman–Crippen LogP) is 4.85. The molecule has 2 atom stereocenters. The van der Waals surface area contributed by atoms with Gasteiger partial charge in [-0.05, 0) is 48.9 Å². The first-order chi connectivity index (χ1) is 18.0. The maximum absolute atomic E-state index is 13.6. The van der Waals surface area contributed by atoms with Crippen molar-refractivity contribution in [3.8, 4) is 17.2 Å². The lowest BCUT2D eigenvalue weighted by atomic mass is 9.94. The average Bonchev–Trinajstić information content (AvgIpc) is 3.67. The smallest absolute Gasteiger partial charge is 0.300 e. The molecule has 7 rings (SSSR count). The van der Waals surface area contributed by atoms with E-state index >= 15 is 0 Å². The van der Waals surface area contributed by atoms with Crippen LogP contribution in [0.1, 0.15) is 29.7 Å². The second-order valence-corrected chi connectivity index (χ2v) is 9.45. The number of amides is 1. The Bertz CT molecular complexity index is 1650. The molecule has 1 saturated heterocycles. The number of carbonyl (C=O) groups excluding carboxylic acids is 2. The van der Waals surface area contributed by atoms with Crippen molar-refractivity contribution < 1.29 is 28.9 Å². The molecule has 0 radical (unpaired) electrons. The van der Waals surface area contributed by atoms with Gasteiger partial charge in [-0.2, -0.15) is 0 Å². The summed E-state index contributed by atoms with van der Waals surface area (Å²) in [7, 11) is 0. The third-order valence-electron chi connectivity index (χ3n) is 7.16. The quantitative estimate of drug-likeness (QED) is 0.240. The number of aromatic nitrogens is 1. The maximum atomic E-state index is 13.6. The fourth-order valence-corrected chi connectivity index (χ4v) is 5.47. The fraction of sp³-hybridized carbons (Fsp3) is 0.172. The van der Waals surface area contributed by atoms with E-state index in [-0.39, 0.29) is 24.2 Å². The van der Waals surface area contributed by atoms with Crippen molar-refractivity contribution in [2.45, 2.75) is 25.5 Å². The Morgan fingerprint density at radius 1 is 1.00 bits per heavy atom. The largest absolute Gasteiger partial charge is 0.507 e. The molecule has 0 aliphatic carbocycles. The Hall–Kier alpha value is -4.72. The van der Waals surface area contributed by atoms with Gasteiger partial charge in [-0.15, -0.1) is 0 Å². The zero-order chi connectivity index (χ0) is 25.3. The molecule has 4 aromatic rings. The lowest BCUT2D eigenvalue weighted by Gasteiger charge is -2.25. The first kappa shape index (κ1) is 21.6. The van der Waals surface area contributed by atoms with E-state index in [0.717, 1.165) is 22.2 Å². The lowest BCUT2D eigenvalue weighted by molar-refractivity contribution is -0.132. The minimum Gasteiger partial charge on any atom is -0.507 e. The number of Topliss-reactive ketones (excluding diaryl/α,β-unsaturated/α-hetero) is 1. The van der Waals surface area contributed by atoms with E-state index in [1.165, 1.54) is 4.90 Å². The molecule has 0 saturated carbocycles. The number of benzene rings is 3. The molecule has 0 spiro atoms. The summed E-state index contributed by atoms with van der Waals surface area (Å²) in [6.45, 7) is 2.07. The summed E-state index contributed by atoms with van der Waals surface area (Å²) in [5, 5.41) is 12.4. The molecular formula is C29H22N2O6. The molecule has 8 heteroatoms. The monoisotopic (exact) mass is 494 g/mol. The van der Waals surface area contributed by atoms with E-state index in [0.29, 0.717) is 34.7 Å². The minimum atomic E-state index is -0.861. The van der Waals surface area contributed by atoms with Crippen molar-refractivity contribution in [2.75, 3.05) is 11.7 Å². The number of ketones is 1. The van der Waals surface area contributed by atoms with E-state index in [2.05, 4.69) is 4.98 Å². The maximum Gasteiger partial charge on any atom is 0.300 e. The molecule has 4 heterocycles. The van der Waals surface area contributed by atoms with E-state index in [4.69, 9.17) is 14.2 Å². The zero-order valence-electron chi connectivity index (χ0n) is 19.9. The number of anilines is 1. The number of aliphatic hydroxyl groups excluding tert-OH is 1. The molecule has 0 bridgehead atoms. The molecule has 3 aliphatic rings. The third-order valence-corrected chi connectivity index (χ3v) is 7.16. The minimum absolute atomic E-state index is 0.0272. The molecule has 1 amide bonds. The molecule has 3 aromatic carbocycles. The summed E-state index contributed by atoms with van der Waals surface area (Å²) in [6, 6.07) is 17.2. The molecule has 184 valence electrons. The van der Waals surface area contributed by atoms with Crippen molar-refractivity contribution in [1.82, 2.24) is 4.98 Å². The summed E-state index contributed by atoms with van der Waals surface area (Å²) in [5.41, 5.74) is 3.47. The van der Waals surface area contributed by atoms with Gasteiger partial charge in [0.15, 0.2) is 11.5 Å². The van der Waals surface area contributed by atoms with Gasteiger partial charge in [0.1, 0.15) is 17.6 Å². The Morgan fingerprint density at radius 2 is 1.81 bits per heavy atom. The van der Waals surface area contributed by atoms with Gasteiger partial charge >= 0.3 is 0 Å². The number of ether oxygens (including phenoxy) is 3. The predicted molar refractivity (Wildman–Crippen MR) is 136 cm³/mol. The molecular weight excluding hydrogens is 472 g/mol. The van der Waals surface area contributed by atoms with Gasteiger partial charge in [0.2, 0.25) is 6.79 Å². The van der Waals surface area contributed by atoms with Crippen LogP contribution in [0.5, 0.6) is 17.2 Å². The van der Waals surface area contributed by atoms with Crippen LogP contribution in [0, 0.1) is 0 Å². The number of H-pyrrole nitrogens is 1. The van der Waals surface area contributed by atoms with Crippen LogP contribution in [0.25, 0.3) is 16.7 Å². The first-order valence-corrected chi connectivity index (χ1v) is 12.1. The second-order valence-electron chi connectivity index (χ2n) is 9.45. The lowest BCUT2D eigenvalue weighted by Crippen LogP contribution is -2.29. The van der Waals surface area contributed by atoms with Gasteiger partial charge in [-0.25, -0.2) is 0 Å². The molecule has 1 fully saturated rings. The van der Waals surface area contributed by atoms with E-state index in [1.54, 1.807) is 36.5 Å². The number of rotatable bonds is 3. The summed E-state index contributed by atoms with van der Waals surface area (Å²) in [4.78, 5) is 31.8. The summed E-state index contributed by atoms with van der Waals surface area (Å²) in [5.74, 6) is 0.116. The number of nitrogens with one attached hydrogen (secondary N) is 1.